The maximum atomic E-state index is 3.32. The number of nitrogens with one attached hydrogen (secondary N) is 1. The van der Waals surface area contributed by atoms with E-state index in [1.54, 1.807) is 0 Å². The second-order valence-electron chi connectivity index (χ2n) is 4.42. The van der Waals surface area contributed by atoms with Crippen LogP contribution in [0.15, 0.2) is 42.5 Å². The zero-order valence-corrected chi connectivity index (χ0v) is 9.48. The third-order valence-electron chi connectivity index (χ3n) is 3.45. The Hall–Kier alpha value is -1.54. The van der Waals surface area contributed by atoms with Crippen molar-refractivity contribution in [2.24, 2.45) is 0 Å². The van der Waals surface area contributed by atoms with E-state index in [9.17, 15) is 0 Å². The quantitative estimate of drug-likeness (QED) is 0.821. The van der Waals surface area contributed by atoms with Crippen LogP contribution in [0.25, 0.3) is 10.8 Å². The third kappa shape index (κ3) is 1.46. The molecule has 0 atom stereocenters. The summed E-state index contributed by atoms with van der Waals surface area (Å²) in [5, 5.41) is 5.98. The molecular formula is C14H16N2. The minimum Gasteiger partial charge on any atom is -0.369 e. The van der Waals surface area contributed by atoms with Crippen LogP contribution in [0.3, 0.4) is 0 Å². The van der Waals surface area contributed by atoms with Crippen molar-refractivity contribution in [2.75, 3.05) is 25.0 Å². The average Bonchev–Trinajstić information content (AvgIpc) is 2.26. The standard InChI is InChI=1S/C14H16N2/c1-16(12-9-15-10-12)14-8-4-6-11-5-2-3-7-13(11)14/h2-8,12,15H,9-10H2,1H3. The molecule has 0 saturated carbocycles. The van der Waals surface area contributed by atoms with Crippen molar-refractivity contribution in [3.63, 3.8) is 0 Å². The Morgan fingerprint density at radius 1 is 1.06 bits per heavy atom. The van der Waals surface area contributed by atoms with Crippen LogP contribution in [-0.2, 0) is 0 Å². The lowest BCUT2D eigenvalue weighted by atomic mass is 10.1. The summed E-state index contributed by atoms with van der Waals surface area (Å²) in [6, 6.07) is 15.7. The number of benzene rings is 2. The van der Waals surface area contributed by atoms with E-state index in [1.807, 2.05) is 0 Å². The fourth-order valence-corrected chi connectivity index (χ4v) is 2.26. The van der Waals surface area contributed by atoms with Gasteiger partial charge in [0.1, 0.15) is 0 Å². The fraction of sp³-hybridized carbons (Fsp3) is 0.286. The molecule has 1 aliphatic rings. The molecule has 0 aromatic heterocycles. The summed E-state index contributed by atoms with van der Waals surface area (Å²) in [6.45, 7) is 2.19. The van der Waals surface area contributed by atoms with Gasteiger partial charge >= 0.3 is 0 Å². The highest BCUT2D eigenvalue weighted by molar-refractivity contribution is 5.94. The van der Waals surface area contributed by atoms with Crippen molar-refractivity contribution in [3.8, 4) is 0 Å². The molecule has 1 saturated heterocycles. The van der Waals surface area contributed by atoms with Crippen molar-refractivity contribution in [2.45, 2.75) is 6.04 Å². The summed E-state index contributed by atoms with van der Waals surface area (Å²) in [5.74, 6) is 0. The van der Waals surface area contributed by atoms with Gasteiger partial charge in [-0.2, -0.15) is 0 Å². The van der Waals surface area contributed by atoms with Crippen molar-refractivity contribution < 1.29 is 0 Å². The van der Waals surface area contributed by atoms with Gasteiger partial charge in [0.15, 0.2) is 0 Å². The highest BCUT2D eigenvalue weighted by atomic mass is 15.2. The Morgan fingerprint density at radius 3 is 2.56 bits per heavy atom. The Balaban J connectivity index is 2.08. The smallest absolute Gasteiger partial charge is 0.0535 e. The van der Waals surface area contributed by atoms with Gasteiger partial charge in [-0.1, -0.05) is 36.4 Å². The van der Waals surface area contributed by atoms with E-state index >= 15 is 0 Å². The Kier molecular flexibility index (Phi) is 2.29. The lowest BCUT2D eigenvalue weighted by Crippen LogP contribution is -2.56. The van der Waals surface area contributed by atoms with E-state index in [0.717, 1.165) is 13.1 Å². The monoisotopic (exact) mass is 212 g/mol. The number of nitrogens with zero attached hydrogens (tertiary/aromatic N) is 1. The minimum atomic E-state index is 0.644. The lowest BCUT2D eigenvalue weighted by Gasteiger charge is -2.37. The van der Waals surface area contributed by atoms with Gasteiger partial charge in [-0.15, -0.1) is 0 Å². The summed E-state index contributed by atoms with van der Waals surface area (Å²) in [5.41, 5.74) is 1.34. The summed E-state index contributed by atoms with van der Waals surface area (Å²) in [7, 11) is 2.19. The molecule has 1 aliphatic heterocycles. The average molecular weight is 212 g/mol. The number of hydrogen-bond acceptors (Lipinski definition) is 2. The number of likely N-dealkylation sites (N-methyl/N-ethyl adjacent to an activating group) is 1. The molecule has 16 heavy (non-hydrogen) atoms. The van der Waals surface area contributed by atoms with Gasteiger partial charge in [-0.3, -0.25) is 0 Å². The second-order valence-corrected chi connectivity index (χ2v) is 4.42. The molecule has 0 bridgehead atoms. The molecule has 0 radical (unpaired) electrons. The molecule has 82 valence electrons. The minimum absolute atomic E-state index is 0.644. The van der Waals surface area contributed by atoms with Crippen LogP contribution >= 0.6 is 0 Å². The molecule has 0 aliphatic carbocycles. The van der Waals surface area contributed by atoms with E-state index < -0.39 is 0 Å². The topological polar surface area (TPSA) is 15.3 Å². The van der Waals surface area contributed by atoms with E-state index in [2.05, 4.69) is 59.7 Å². The van der Waals surface area contributed by atoms with Crippen LogP contribution in [0.5, 0.6) is 0 Å². The first-order valence-corrected chi connectivity index (χ1v) is 5.77. The van der Waals surface area contributed by atoms with Crippen molar-refractivity contribution >= 4 is 16.5 Å². The summed E-state index contributed by atoms with van der Waals surface area (Å²) in [4.78, 5) is 2.39. The van der Waals surface area contributed by atoms with Crippen LogP contribution in [0.4, 0.5) is 5.69 Å². The van der Waals surface area contributed by atoms with Crippen molar-refractivity contribution in [3.05, 3.63) is 42.5 Å². The molecule has 0 amide bonds. The van der Waals surface area contributed by atoms with Gasteiger partial charge in [0.05, 0.1) is 6.04 Å². The number of fused-ring (bicyclic) bond motifs is 1. The number of anilines is 1. The first-order valence-electron chi connectivity index (χ1n) is 5.77. The molecule has 2 aromatic rings. The Labute approximate surface area is 95.9 Å². The van der Waals surface area contributed by atoms with Gasteiger partial charge in [-0.25, -0.2) is 0 Å². The zero-order valence-electron chi connectivity index (χ0n) is 9.48. The lowest BCUT2D eigenvalue weighted by molar-refractivity contribution is 0.429. The van der Waals surface area contributed by atoms with E-state index in [4.69, 9.17) is 0 Å². The van der Waals surface area contributed by atoms with Gasteiger partial charge in [0, 0.05) is 31.2 Å². The van der Waals surface area contributed by atoms with Gasteiger partial charge < -0.3 is 10.2 Å². The zero-order chi connectivity index (χ0) is 11.0. The predicted molar refractivity (Wildman–Crippen MR) is 69.0 cm³/mol. The molecule has 2 aromatic carbocycles. The van der Waals surface area contributed by atoms with Crippen LogP contribution in [0, 0.1) is 0 Å². The van der Waals surface area contributed by atoms with E-state index in [1.165, 1.54) is 16.5 Å². The number of hydrogen-bond donors (Lipinski definition) is 1. The molecule has 0 spiro atoms. The normalized spacial score (nSPS) is 16.1. The molecule has 1 heterocycles. The molecular weight excluding hydrogens is 196 g/mol. The van der Waals surface area contributed by atoms with E-state index in [0.29, 0.717) is 6.04 Å². The molecule has 1 fully saturated rings. The second kappa shape index (κ2) is 3.80. The largest absolute Gasteiger partial charge is 0.369 e. The first-order chi connectivity index (χ1) is 7.86. The molecule has 2 nitrogen and oxygen atoms in total. The first kappa shape index (κ1) is 9.67. The van der Waals surface area contributed by atoms with Gasteiger partial charge in [0.25, 0.3) is 0 Å². The fourth-order valence-electron chi connectivity index (χ4n) is 2.26. The third-order valence-corrected chi connectivity index (χ3v) is 3.45. The molecule has 2 heteroatoms. The Bertz CT molecular complexity index is 498. The summed E-state index contributed by atoms with van der Waals surface area (Å²) < 4.78 is 0. The summed E-state index contributed by atoms with van der Waals surface area (Å²) in [6.07, 6.45) is 0. The van der Waals surface area contributed by atoms with Gasteiger partial charge in [0.2, 0.25) is 0 Å². The maximum Gasteiger partial charge on any atom is 0.0535 e. The van der Waals surface area contributed by atoms with Crippen LogP contribution < -0.4 is 10.2 Å². The van der Waals surface area contributed by atoms with Crippen LogP contribution in [-0.4, -0.2) is 26.2 Å². The SMILES string of the molecule is CN(c1cccc2ccccc12)C1CNC1. The van der Waals surface area contributed by atoms with Gasteiger partial charge in [-0.05, 0) is 11.5 Å². The van der Waals surface area contributed by atoms with Crippen LogP contribution in [0.1, 0.15) is 0 Å². The molecule has 1 N–H and O–H groups in total. The van der Waals surface area contributed by atoms with Crippen molar-refractivity contribution in [1.82, 2.24) is 5.32 Å². The maximum absolute atomic E-state index is 3.32. The highest BCUT2D eigenvalue weighted by Crippen LogP contribution is 2.27. The molecule has 3 rings (SSSR count). The summed E-state index contributed by atoms with van der Waals surface area (Å²) >= 11 is 0. The van der Waals surface area contributed by atoms with Crippen molar-refractivity contribution in [1.29, 1.82) is 0 Å². The van der Waals surface area contributed by atoms with E-state index in [-0.39, 0.29) is 0 Å². The predicted octanol–water partition coefficient (Wildman–Crippen LogP) is 2.25. The number of rotatable bonds is 2. The van der Waals surface area contributed by atoms with Crippen LogP contribution in [0.2, 0.25) is 0 Å². The highest BCUT2D eigenvalue weighted by Gasteiger charge is 2.22. The molecule has 0 unspecified atom stereocenters. The Morgan fingerprint density at radius 2 is 1.81 bits per heavy atom.